The van der Waals surface area contributed by atoms with Crippen molar-refractivity contribution in [3.63, 3.8) is 0 Å². The van der Waals surface area contributed by atoms with Crippen LogP contribution in [0.1, 0.15) is 38.6 Å². The summed E-state index contributed by atoms with van der Waals surface area (Å²) < 4.78 is 12.6. The first-order chi connectivity index (χ1) is 10.4. The summed E-state index contributed by atoms with van der Waals surface area (Å²) in [5.74, 6) is -0.647. The summed E-state index contributed by atoms with van der Waals surface area (Å²) in [6.45, 7) is 2.33. The number of ether oxygens (including phenoxy) is 2. The van der Waals surface area contributed by atoms with Crippen molar-refractivity contribution in [1.82, 2.24) is 4.57 Å². The highest BCUT2D eigenvalue weighted by molar-refractivity contribution is 9.10. The molecule has 22 heavy (non-hydrogen) atoms. The van der Waals surface area contributed by atoms with Gasteiger partial charge in [-0.1, -0.05) is 0 Å². The van der Waals surface area contributed by atoms with Gasteiger partial charge in [-0.05, 0) is 42.1 Å². The molecule has 0 spiro atoms. The second-order valence-electron chi connectivity index (χ2n) is 5.73. The zero-order chi connectivity index (χ0) is 16.3. The van der Waals surface area contributed by atoms with E-state index in [2.05, 4.69) is 15.9 Å². The van der Waals surface area contributed by atoms with Crippen LogP contribution in [-0.4, -0.2) is 35.0 Å². The van der Waals surface area contributed by atoms with Crippen molar-refractivity contribution < 1.29 is 19.4 Å². The summed E-state index contributed by atoms with van der Waals surface area (Å²) >= 11 is 3.21. The van der Waals surface area contributed by atoms with Crippen molar-refractivity contribution in [3.05, 3.63) is 27.1 Å². The Hall–Kier alpha value is -1.34. The molecule has 1 atom stereocenters. The van der Waals surface area contributed by atoms with E-state index in [-0.39, 0.29) is 12.0 Å². The van der Waals surface area contributed by atoms with Gasteiger partial charge in [0.05, 0.1) is 23.4 Å². The summed E-state index contributed by atoms with van der Waals surface area (Å²) in [6, 6.07) is 0.334. The number of halogens is 1. The van der Waals surface area contributed by atoms with Crippen LogP contribution in [0.25, 0.3) is 0 Å². The maximum Gasteiger partial charge on any atom is 0.326 e. The minimum Gasteiger partial charge on any atom is -0.494 e. The zero-order valence-electron chi connectivity index (χ0n) is 12.7. The van der Waals surface area contributed by atoms with E-state index in [0.717, 1.165) is 19.3 Å². The van der Waals surface area contributed by atoms with Crippen LogP contribution in [0, 0.1) is 0 Å². The average molecular weight is 374 g/mol. The molecule has 0 aromatic carbocycles. The lowest BCUT2D eigenvalue weighted by atomic mass is 9.82. The van der Waals surface area contributed by atoms with Gasteiger partial charge in [0.2, 0.25) is 0 Å². The Balaban J connectivity index is 2.13. The first-order valence-electron chi connectivity index (χ1n) is 7.19. The van der Waals surface area contributed by atoms with E-state index in [1.165, 1.54) is 23.9 Å². The van der Waals surface area contributed by atoms with Crippen LogP contribution < -0.4 is 10.3 Å². The molecule has 0 saturated heterocycles. The van der Waals surface area contributed by atoms with E-state index in [1.54, 1.807) is 0 Å². The lowest BCUT2D eigenvalue weighted by molar-refractivity contribution is -0.143. The maximum absolute atomic E-state index is 12.1. The van der Waals surface area contributed by atoms with Gasteiger partial charge in [0.25, 0.3) is 5.56 Å². The molecule has 122 valence electrons. The van der Waals surface area contributed by atoms with Crippen molar-refractivity contribution in [2.45, 2.75) is 44.2 Å². The van der Waals surface area contributed by atoms with Crippen LogP contribution >= 0.6 is 15.9 Å². The first kappa shape index (κ1) is 17.0. The largest absolute Gasteiger partial charge is 0.494 e. The molecule has 1 aromatic heterocycles. The average Bonchev–Trinajstić information content (AvgIpc) is 2.42. The standard InChI is InChI=1S/C15H20BrNO5/c1-15(5-3-6-15)22-7-4-11(14(19)20)17-9-12(21-2)10(16)8-13(17)18/h8-9,11H,3-7H2,1-2H3,(H,19,20). The molecule has 0 amide bonds. The quantitative estimate of drug-likeness (QED) is 0.794. The molecule has 1 aliphatic rings. The first-order valence-corrected chi connectivity index (χ1v) is 7.98. The van der Waals surface area contributed by atoms with Gasteiger partial charge in [0.1, 0.15) is 11.8 Å². The minimum absolute atomic E-state index is 0.134. The van der Waals surface area contributed by atoms with Crippen molar-refractivity contribution in [1.29, 1.82) is 0 Å². The number of aliphatic carboxylic acids is 1. The summed E-state index contributed by atoms with van der Waals surface area (Å²) in [7, 11) is 1.46. The van der Waals surface area contributed by atoms with Crippen LogP contribution in [0.2, 0.25) is 0 Å². The molecule has 6 nitrogen and oxygen atoms in total. The topological polar surface area (TPSA) is 77.8 Å². The molecule has 0 bridgehead atoms. The minimum atomic E-state index is -1.06. The van der Waals surface area contributed by atoms with E-state index < -0.39 is 17.6 Å². The van der Waals surface area contributed by atoms with Crippen LogP contribution in [0.5, 0.6) is 5.75 Å². The molecule has 1 heterocycles. The number of carboxylic acid groups (broad SMARTS) is 1. The second-order valence-corrected chi connectivity index (χ2v) is 6.58. The lowest BCUT2D eigenvalue weighted by Crippen LogP contribution is -2.38. The number of aromatic nitrogens is 1. The number of pyridine rings is 1. The van der Waals surface area contributed by atoms with Crippen LogP contribution in [0.15, 0.2) is 21.5 Å². The predicted molar refractivity (Wildman–Crippen MR) is 84.5 cm³/mol. The van der Waals surface area contributed by atoms with Gasteiger partial charge in [-0.25, -0.2) is 4.79 Å². The summed E-state index contributed by atoms with van der Waals surface area (Å²) in [6.07, 6.45) is 4.78. The van der Waals surface area contributed by atoms with E-state index in [4.69, 9.17) is 9.47 Å². The highest BCUT2D eigenvalue weighted by Gasteiger charge is 2.33. The predicted octanol–water partition coefficient (Wildman–Crippen LogP) is 2.59. The Morgan fingerprint density at radius 1 is 1.55 bits per heavy atom. The van der Waals surface area contributed by atoms with Crippen molar-refractivity contribution in [2.75, 3.05) is 13.7 Å². The number of methoxy groups -OCH3 is 1. The Labute approximate surface area is 137 Å². The van der Waals surface area contributed by atoms with E-state index in [0.29, 0.717) is 16.8 Å². The van der Waals surface area contributed by atoms with Gasteiger partial charge in [0, 0.05) is 19.1 Å². The van der Waals surface area contributed by atoms with Crippen molar-refractivity contribution >= 4 is 21.9 Å². The number of carbonyl (C=O) groups is 1. The third-order valence-corrected chi connectivity index (χ3v) is 4.71. The maximum atomic E-state index is 12.1. The molecule has 0 radical (unpaired) electrons. The molecule has 1 fully saturated rings. The summed E-state index contributed by atoms with van der Waals surface area (Å²) in [4.78, 5) is 23.6. The number of nitrogens with zero attached hydrogens (tertiary/aromatic N) is 1. The fourth-order valence-corrected chi connectivity index (χ4v) is 2.98. The second kappa shape index (κ2) is 6.83. The molecular weight excluding hydrogens is 354 g/mol. The third-order valence-electron chi connectivity index (χ3n) is 4.09. The SMILES string of the molecule is COc1cn(C(CCOC2(C)CCC2)C(=O)O)c(=O)cc1Br. The lowest BCUT2D eigenvalue weighted by Gasteiger charge is -2.38. The van der Waals surface area contributed by atoms with Gasteiger partial charge < -0.3 is 14.6 Å². The molecule has 2 rings (SSSR count). The normalized spacial score (nSPS) is 17.6. The molecule has 1 aromatic rings. The van der Waals surface area contributed by atoms with Gasteiger partial charge in [-0.2, -0.15) is 0 Å². The molecular formula is C15H20BrNO5. The zero-order valence-corrected chi connectivity index (χ0v) is 14.3. The molecule has 1 N–H and O–H groups in total. The fourth-order valence-electron chi connectivity index (χ4n) is 2.52. The van der Waals surface area contributed by atoms with E-state index in [1.807, 2.05) is 6.92 Å². The van der Waals surface area contributed by atoms with Gasteiger partial charge in [0.15, 0.2) is 0 Å². The monoisotopic (exact) mass is 373 g/mol. The number of carboxylic acids is 1. The Morgan fingerprint density at radius 3 is 2.73 bits per heavy atom. The molecule has 7 heteroatoms. The van der Waals surface area contributed by atoms with E-state index >= 15 is 0 Å². The van der Waals surface area contributed by atoms with Gasteiger partial charge in [-0.3, -0.25) is 9.36 Å². The van der Waals surface area contributed by atoms with Gasteiger partial charge >= 0.3 is 5.97 Å². The van der Waals surface area contributed by atoms with Gasteiger partial charge in [-0.15, -0.1) is 0 Å². The van der Waals surface area contributed by atoms with Crippen molar-refractivity contribution in [2.24, 2.45) is 0 Å². The third kappa shape index (κ3) is 3.70. The van der Waals surface area contributed by atoms with Crippen LogP contribution in [0.4, 0.5) is 0 Å². The van der Waals surface area contributed by atoms with Crippen molar-refractivity contribution in [3.8, 4) is 5.75 Å². The number of rotatable bonds is 7. The van der Waals surface area contributed by atoms with Crippen LogP contribution in [-0.2, 0) is 9.53 Å². The fraction of sp³-hybridized carbons (Fsp3) is 0.600. The number of hydrogen-bond donors (Lipinski definition) is 1. The molecule has 1 saturated carbocycles. The van der Waals surface area contributed by atoms with E-state index in [9.17, 15) is 14.7 Å². The molecule has 0 aliphatic heterocycles. The summed E-state index contributed by atoms with van der Waals surface area (Å²) in [5, 5.41) is 9.42. The Bertz CT molecular complexity index is 608. The highest BCUT2D eigenvalue weighted by atomic mass is 79.9. The summed E-state index contributed by atoms with van der Waals surface area (Å²) in [5.41, 5.74) is -0.527. The smallest absolute Gasteiger partial charge is 0.326 e. The number of hydrogen-bond acceptors (Lipinski definition) is 4. The Morgan fingerprint density at radius 2 is 2.23 bits per heavy atom. The highest BCUT2D eigenvalue weighted by Crippen LogP contribution is 2.35. The molecule has 1 aliphatic carbocycles. The molecule has 1 unspecified atom stereocenters. The Kier molecular flexibility index (Phi) is 5.28. The van der Waals surface area contributed by atoms with Crippen LogP contribution in [0.3, 0.4) is 0 Å².